The monoisotopic (exact) mass is 309 g/mol. The highest BCUT2D eigenvalue weighted by Crippen LogP contribution is 2.23. The van der Waals surface area contributed by atoms with E-state index in [9.17, 15) is 4.79 Å². The van der Waals surface area contributed by atoms with Gasteiger partial charge in [-0.15, -0.1) is 0 Å². The molecule has 2 aromatic rings. The van der Waals surface area contributed by atoms with E-state index in [1.54, 1.807) is 17.0 Å². The maximum atomic E-state index is 12.4. The molecular weight excluding hydrogens is 290 g/mol. The molecule has 1 amide bonds. The summed E-state index contributed by atoms with van der Waals surface area (Å²) in [6.07, 6.45) is 3.98. The first kappa shape index (κ1) is 15.2. The van der Waals surface area contributed by atoms with Crippen LogP contribution in [-0.2, 0) is 6.54 Å². The van der Waals surface area contributed by atoms with Crippen molar-refractivity contribution in [3.63, 3.8) is 0 Å². The van der Waals surface area contributed by atoms with Crippen LogP contribution in [0, 0.1) is 6.92 Å². The lowest BCUT2D eigenvalue weighted by atomic mass is 10.2. The van der Waals surface area contributed by atoms with Gasteiger partial charge in [-0.3, -0.25) is 4.79 Å². The summed E-state index contributed by atoms with van der Waals surface area (Å²) in [5, 5.41) is 0. The molecule has 2 N–H and O–H groups in total. The molecule has 5 nitrogen and oxygen atoms in total. The lowest BCUT2D eigenvalue weighted by molar-refractivity contribution is 0.0799. The Morgan fingerprint density at radius 1 is 1.26 bits per heavy atom. The van der Waals surface area contributed by atoms with Crippen molar-refractivity contribution < 1.29 is 9.53 Å². The van der Waals surface area contributed by atoms with Crippen molar-refractivity contribution in [2.45, 2.75) is 13.5 Å². The number of nitrogens with two attached hydrogens (primary N) is 1. The van der Waals surface area contributed by atoms with Crippen molar-refractivity contribution in [2.75, 3.05) is 13.1 Å². The fourth-order valence-electron chi connectivity index (χ4n) is 2.52. The summed E-state index contributed by atoms with van der Waals surface area (Å²) in [6, 6.07) is 10.9. The standard InChI is InChI=1S/C18H19N3O2/c1-13-9-14(12-19)10-17(20-13)23-16-6-4-5-15(11-16)18(22)21-7-2-3-8-21/h2-6,9-11H,7-8,12,19H2,1H3. The summed E-state index contributed by atoms with van der Waals surface area (Å²) in [5.41, 5.74) is 8.09. The molecule has 0 fully saturated rings. The third-order valence-corrected chi connectivity index (χ3v) is 3.63. The molecule has 1 aliphatic rings. The average molecular weight is 309 g/mol. The summed E-state index contributed by atoms with van der Waals surface area (Å²) in [7, 11) is 0. The molecule has 1 aliphatic heterocycles. The van der Waals surface area contributed by atoms with Gasteiger partial charge in [-0.1, -0.05) is 18.2 Å². The van der Waals surface area contributed by atoms with Gasteiger partial charge in [-0.25, -0.2) is 4.98 Å². The Labute approximate surface area is 135 Å². The summed E-state index contributed by atoms with van der Waals surface area (Å²) in [5.74, 6) is 1.07. The largest absolute Gasteiger partial charge is 0.439 e. The molecule has 0 unspecified atom stereocenters. The summed E-state index contributed by atoms with van der Waals surface area (Å²) >= 11 is 0. The predicted molar refractivity (Wildman–Crippen MR) is 88.4 cm³/mol. The van der Waals surface area contributed by atoms with Crippen LogP contribution in [0.25, 0.3) is 0 Å². The number of aromatic nitrogens is 1. The molecule has 0 atom stereocenters. The number of carbonyl (C=O) groups is 1. The Kier molecular flexibility index (Phi) is 4.39. The van der Waals surface area contributed by atoms with Gasteiger partial charge in [0.15, 0.2) is 0 Å². The Balaban J connectivity index is 1.80. The van der Waals surface area contributed by atoms with Gasteiger partial charge in [-0.05, 0) is 36.8 Å². The predicted octanol–water partition coefficient (Wildman–Crippen LogP) is 2.65. The molecule has 5 heteroatoms. The summed E-state index contributed by atoms with van der Waals surface area (Å²) < 4.78 is 5.80. The van der Waals surface area contributed by atoms with E-state index in [4.69, 9.17) is 10.5 Å². The molecule has 0 saturated heterocycles. The van der Waals surface area contributed by atoms with E-state index >= 15 is 0 Å². The van der Waals surface area contributed by atoms with Crippen LogP contribution < -0.4 is 10.5 Å². The second-order valence-electron chi connectivity index (χ2n) is 5.47. The lowest BCUT2D eigenvalue weighted by Crippen LogP contribution is -2.28. The van der Waals surface area contributed by atoms with E-state index < -0.39 is 0 Å². The second-order valence-corrected chi connectivity index (χ2v) is 5.47. The van der Waals surface area contributed by atoms with Crippen molar-refractivity contribution >= 4 is 5.91 Å². The van der Waals surface area contributed by atoms with Crippen LogP contribution in [0.2, 0.25) is 0 Å². The minimum Gasteiger partial charge on any atom is -0.439 e. The highest BCUT2D eigenvalue weighted by Gasteiger charge is 2.16. The Hall–Kier alpha value is -2.66. The molecule has 23 heavy (non-hydrogen) atoms. The molecule has 118 valence electrons. The molecule has 2 heterocycles. The number of nitrogens with zero attached hydrogens (tertiary/aromatic N) is 2. The van der Waals surface area contributed by atoms with E-state index in [1.807, 2.05) is 43.3 Å². The van der Waals surface area contributed by atoms with Crippen LogP contribution in [0.1, 0.15) is 21.6 Å². The van der Waals surface area contributed by atoms with Gasteiger partial charge >= 0.3 is 0 Å². The average Bonchev–Trinajstić information content (AvgIpc) is 3.08. The van der Waals surface area contributed by atoms with Gasteiger partial charge in [0.2, 0.25) is 5.88 Å². The van der Waals surface area contributed by atoms with E-state index in [0.29, 0.717) is 36.8 Å². The molecule has 0 radical (unpaired) electrons. The van der Waals surface area contributed by atoms with Crippen LogP contribution in [0.15, 0.2) is 48.6 Å². The molecule has 0 saturated carbocycles. The lowest BCUT2D eigenvalue weighted by Gasteiger charge is -2.16. The number of rotatable bonds is 4. The van der Waals surface area contributed by atoms with Crippen LogP contribution >= 0.6 is 0 Å². The third kappa shape index (κ3) is 3.57. The number of carbonyl (C=O) groups excluding carboxylic acids is 1. The van der Waals surface area contributed by atoms with Crippen molar-refractivity contribution in [3.8, 4) is 11.6 Å². The SMILES string of the molecule is Cc1cc(CN)cc(Oc2cccc(C(=O)N3CC=CC3)c2)n1. The molecule has 0 spiro atoms. The third-order valence-electron chi connectivity index (χ3n) is 3.63. The molecule has 1 aromatic heterocycles. The van der Waals surface area contributed by atoms with Crippen LogP contribution in [0.5, 0.6) is 11.6 Å². The molecule has 3 rings (SSSR count). The molecular formula is C18H19N3O2. The minimum atomic E-state index is 0.000277. The fourth-order valence-corrected chi connectivity index (χ4v) is 2.52. The number of hydrogen-bond acceptors (Lipinski definition) is 4. The van der Waals surface area contributed by atoms with E-state index in [0.717, 1.165) is 11.3 Å². The first-order valence-corrected chi connectivity index (χ1v) is 7.55. The molecule has 1 aromatic carbocycles. The maximum Gasteiger partial charge on any atom is 0.254 e. The topological polar surface area (TPSA) is 68.5 Å². The first-order chi connectivity index (χ1) is 11.2. The van der Waals surface area contributed by atoms with Gasteiger partial charge in [-0.2, -0.15) is 0 Å². The Morgan fingerprint density at radius 2 is 2.04 bits per heavy atom. The maximum absolute atomic E-state index is 12.4. The van der Waals surface area contributed by atoms with Crippen molar-refractivity contribution in [1.29, 1.82) is 0 Å². The Morgan fingerprint density at radius 3 is 2.78 bits per heavy atom. The number of ether oxygens (including phenoxy) is 1. The smallest absolute Gasteiger partial charge is 0.254 e. The van der Waals surface area contributed by atoms with Gasteiger partial charge in [0, 0.05) is 37.0 Å². The molecule has 0 aliphatic carbocycles. The first-order valence-electron chi connectivity index (χ1n) is 7.55. The number of pyridine rings is 1. The zero-order valence-electron chi connectivity index (χ0n) is 13.0. The highest BCUT2D eigenvalue weighted by atomic mass is 16.5. The van der Waals surface area contributed by atoms with E-state index in [2.05, 4.69) is 4.98 Å². The second kappa shape index (κ2) is 6.62. The van der Waals surface area contributed by atoms with Gasteiger partial charge in [0.1, 0.15) is 5.75 Å². The zero-order chi connectivity index (χ0) is 16.2. The zero-order valence-corrected chi connectivity index (χ0v) is 13.0. The van der Waals surface area contributed by atoms with Gasteiger partial charge in [0.05, 0.1) is 0 Å². The fraction of sp³-hybridized carbons (Fsp3) is 0.222. The van der Waals surface area contributed by atoms with Crippen LogP contribution in [0.3, 0.4) is 0 Å². The van der Waals surface area contributed by atoms with Crippen molar-refractivity contribution in [2.24, 2.45) is 5.73 Å². The van der Waals surface area contributed by atoms with Gasteiger partial charge in [0.25, 0.3) is 5.91 Å². The summed E-state index contributed by atoms with van der Waals surface area (Å²) in [6.45, 7) is 3.64. The van der Waals surface area contributed by atoms with E-state index in [-0.39, 0.29) is 5.91 Å². The summed E-state index contributed by atoms with van der Waals surface area (Å²) in [4.78, 5) is 18.5. The minimum absolute atomic E-state index is 0.000277. The number of hydrogen-bond donors (Lipinski definition) is 1. The molecule has 0 bridgehead atoms. The van der Waals surface area contributed by atoms with Gasteiger partial charge < -0.3 is 15.4 Å². The van der Waals surface area contributed by atoms with E-state index in [1.165, 1.54) is 0 Å². The highest BCUT2D eigenvalue weighted by molar-refractivity contribution is 5.95. The Bertz CT molecular complexity index is 748. The number of benzene rings is 1. The number of amides is 1. The normalized spacial score (nSPS) is 13.4. The van der Waals surface area contributed by atoms with Crippen LogP contribution in [-0.4, -0.2) is 28.9 Å². The quantitative estimate of drug-likeness (QED) is 0.882. The van der Waals surface area contributed by atoms with Crippen molar-refractivity contribution in [1.82, 2.24) is 9.88 Å². The van der Waals surface area contributed by atoms with Crippen molar-refractivity contribution in [3.05, 3.63) is 65.4 Å². The van der Waals surface area contributed by atoms with Crippen LogP contribution in [0.4, 0.5) is 0 Å². The number of aryl methyl sites for hydroxylation is 1.